The Kier molecular flexibility index (Phi) is 9.47. The van der Waals surface area contributed by atoms with E-state index in [-0.39, 0.29) is 18.4 Å². The zero-order valence-corrected chi connectivity index (χ0v) is 17.1. The molecule has 0 aliphatic carbocycles. The fourth-order valence-corrected chi connectivity index (χ4v) is 3.88. The first-order chi connectivity index (χ1) is 14.4. The molecule has 170 valence electrons. The SMILES string of the molecule is NCCCC[C@H](NC(=O)[C@H](CO)NC(=O)[C@@H]1CCCN1C(=O)[C@@H]1CCCN1)C(=O)O. The monoisotopic (exact) mass is 427 g/mol. The Morgan fingerprint density at radius 3 is 2.47 bits per heavy atom. The molecule has 0 saturated carbocycles. The summed E-state index contributed by atoms with van der Waals surface area (Å²) in [5, 5.41) is 26.8. The van der Waals surface area contributed by atoms with E-state index in [1.165, 1.54) is 4.90 Å². The molecular weight excluding hydrogens is 394 g/mol. The third-order valence-corrected chi connectivity index (χ3v) is 5.57. The minimum absolute atomic E-state index is 0.124. The van der Waals surface area contributed by atoms with E-state index in [0.29, 0.717) is 38.8 Å². The maximum absolute atomic E-state index is 12.7. The molecule has 0 unspecified atom stereocenters. The summed E-state index contributed by atoms with van der Waals surface area (Å²) in [7, 11) is 0. The second kappa shape index (κ2) is 11.8. The van der Waals surface area contributed by atoms with Gasteiger partial charge in [0.2, 0.25) is 17.7 Å². The summed E-state index contributed by atoms with van der Waals surface area (Å²) in [5.74, 6) is -2.62. The highest BCUT2D eigenvalue weighted by atomic mass is 16.4. The van der Waals surface area contributed by atoms with Gasteiger partial charge in [0, 0.05) is 6.54 Å². The molecule has 2 fully saturated rings. The van der Waals surface area contributed by atoms with Crippen molar-refractivity contribution in [2.45, 2.75) is 69.1 Å². The van der Waals surface area contributed by atoms with Crippen LogP contribution < -0.4 is 21.7 Å². The number of carboxylic acids is 1. The van der Waals surface area contributed by atoms with Crippen molar-refractivity contribution in [1.82, 2.24) is 20.9 Å². The molecule has 2 heterocycles. The number of hydrogen-bond acceptors (Lipinski definition) is 7. The number of rotatable bonds is 11. The Balaban J connectivity index is 1.94. The zero-order chi connectivity index (χ0) is 22.1. The number of carboxylic acid groups (broad SMARTS) is 1. The predicted octanol–water partition coefficient (Wildman–Crippen LogP) is -2.10. The van der Waals surface area contributed by atoms with Crippen LogP contribution >= 0.6 is 0 Å². The topological polar surface area (TPSA) is 174 Å². The molecule has 0 bridgehead atoms. The van der Waals surface area contributed by atoms with E-state index in [0.717, 1.165) is 19.4 Å². The van der Waals surface area contributed by atoms with Crippen LogP contribution in [0.25, 0.3) is 0 Å². The van der Waals surface area contributed by atoms with E-state index >= 15 is 0 Å². The summed E-state index contributed by atoms with van der Waals surface area (Å²) in [6.07, 6.45) is 4.13. The molecule has 0 aromatic rings. The molecular formula is C19H33N5O6. The van der Waals surface area contributed by atoms with Gasteiger partial charge in [0.05, 0.1) is 12.6 Å². The summed E-state index contributed by atoms with van der Waals surface area (Å²) in [4.78, 5) is 50.7. The summed E-state index contributed by atoms with van der Waals surface area (Å²) in [6.45, 7) is 0.970. The summed E-state index contributed by atoms with van der Waals surface area (Å²) in [6, 6.07) is -3.43. The van der Waals surface area contributed by atoms with Crippen LogP contribution in [0.1, 0.15) is 44.9 Å². The second-order valence-electron chi connectivity index (χ2n) is 7.77. The van der Waals surface area contributed by atoms with Crippen LogP contribution in [0.2, 0.25) is 0 Å². The van der Waals surface area contributed by atoms with Crippen LogP contribution in [-0.4, -0.2) is 89.2 Å². The van der Waals surface area contributed by atoms with Crippen molar-refractivity contribution < 1.29 is 29.4 Å². The van der Waals surface area contributed by atoms with Gasteiger partial charge in [0.1, 0.15) is 18.1 Å². The van der Waals surface area contributed by atoms with Gasteiger partial charge in [-0.05, 0) is 58.0 Å². The molecule has 0 spiro atoms. The number of aliphatic hydroxyl groups excluding tert-OH is 1. The maximum Gasteiger partial charge on any atom is 0.326 e. The second-order valence-corrected chi connectivity index (χ2v) is 7.77. The lowest BCUT2D eigenvalue weighted by Crippen LogP contribution is -2.57. The van der Waals surface area contributed by atoms with Crippen molar-refractivity contribution in [3.8, 4) is 0 Å². The van der Waals surface area contributed by atoms with E-state index in [1.807, 2.05) is 0 Å². The molecule has 7 N–H and O–H groups in total. The first-order valence-electron chi connectivity index (χ1n) is 10.6. The van der Waals surface area contributed by atoms with Gasteiger partial charge in [0.25, 0.3) is 0 Å². The minimum Gasteiger partial charge on any atom is -0.480 e. The lowest BCUT2D eigenvalue weighted by molar-refractivity contribution is -0.143. The quantitative estimate of drug-likeness (QED) is 0.203. The summed E-state index contributed by atoms with van der Waals surface area (Å²) >= 11 is 0. The largest absolute Gasteiger partial charge is 0.480 e. The molecule has 3 amide bonds. The number of aliphatic carboxylic acids is 1. The average Bonchev–Trinajstić information content (AvgIpc) is 3.42. The van der Waals surface area contributed by atoms with Crippen LogP contribution in [0.4, 0.5) is 0 Å². The number of likely N-dealkylation sites (tertiary alicyclic amines) is 1. The van der Waals surface area contributed by atoms with Crippen LogP contribution in [0.3, 0.4) is 0 Å². The Labute approximate surface area is 175 Å². The molecule has 2 saturated heterocycles. The van der Waals surface area contributed by atoms with Gasteiger partial charge in [-0.25, -0.2) is 4.79 Å². The Morgan fingerprint density at radius 1 is 1.10 bits per heavy atom. The predicted molar refractivity (Wildman–Crippen MR) is 107 cm³/mol. The molecule has 11 nitrogen and oxygen atoms in total. The summed E-state index contributed by atoms with van der Waals surface area (Å²) < 4.78 is 0. The first kappa shape index (κ1) is 24.0. The van der Waals surface area contributed by atoms with Gasteiger partial charge < -0.3 is 36.8 Å². The lowest BCUT2D eigenvalue weighted by atomic mass is 10.1. The number of nitrogens with one attached hydrogen (secondary N) is 3. The molecule has 30 heavy (non-hydrogen) atoms. The number of nitrogens with zero attached hydrogens (tertiary/aromatic N) is 1. The summed E-state index contributed by atoms with van der Waals surface area (Å²) in [5.41, 5.74) is 5.40. The zero-order valence-electron chi connectivity index (χ0n) is 17.1. The highest BCUT2D eigenvalue weighted by molar-refractivity contribution is 5.94. The van der Waals surface area contributed by atoms with Crippen LogP contribution in [0.15, 0.2) is 0 Å². The van der Waals surface area contributed by atoms with Crippen molar-refractivity contribution >= 4 is 23.7 Å². The van der Waals surface area contributed by atoms with Crippen molar-refractivity contribution in [3.63, 3.8) is 0 Å². The Hall–Kier alpha value is -2.24. The fourth-order valence-electron chi connectivity index (χ4n) is 3.88. The van der Waals surface area contributed by atoms with Gasteiger partial charge in [0.15, 0.2) is 0 Å². The van der Waals surface area contributed by atoms with Crippen molar-refractivity contribution in [2.75, 3.05) is 26.2 Å². The smallest absolute Gasteiger partial charge is 0.326 e. The molecule has 11 heteroatoms. The highest BCUT2D eigenvalue weighted by Gasteiger charge is 2.39. The van der Waals surface area contributed by atoms with E-state index in [1.54, 1.807) is 0 Å². The molecule has 2 aliphatic heterocycles. The standard InChI is InChI=1S/C19H33N5O6/c20-8-2-1-5-13(19(29)30)22-16(26)14(11-25)23-17(27)15-7-4-10-24(15)18(28)12-6-3-9-21-12/h12-15,21,25H,1-11,20H2,(H,22,26)(H,23,27)(H,29,30)/t12-,13-,14-,15-/m0/s1. The fraction of sp³-hybridized carbons (Fsp3) is 0.789. The number of hydrogen-bond donors (Lipinski definition) is 6. The molecule has 0 aromatic heterocycles. The maximum atomic E-state index is 12.7. The molecule has 2 rings (SSSR count). The van der Waals surface area contributed by atoms with Gasteiger partial charge in [-0.3, -0.25) is 14.4 Å². The number of nitrogens with two attached hydrogens (primary N) is 1. The van der Waals surface area contributed by atoms with Gasteiger partial charge in [-0.2, -0.15) is 0 Å². The van der Waals surface area contributed by atoms with E-state index in [4.69, 9.17) is 5.73 Å². The Bertz CT molecular complexity index is 625. The van der Waals surface area contributed by atoms with Crippen LogP contribution in [-0.2, 0) is 19.2 Å². The minimum atomic E-state index is -1.30. The van der Waals surface area contributed by atoms with E-state index < -0.39 is 42.5 Å². The molecule has 4 atom stereocenters. The number of unbranched alkanes of at least 4 members (excludes halogenated alkanes) is 1. The van der Waals surface area contributed by atoms with Gasteiger partial charge in [-0.15, -0.1) is 0 Å². The average molecular weight is 428 g/mol. The first-order valence-corrected chi connectivity index (χ1v) is 10.6. The number of aliphatic hydroxyl groups is 1. The van der Waals surface area contributed by atoms with Crippen molar-refractivity contribution in [1.29, 1.82) is 0 Å². The highest BCUT2D eigenvalue weighted by Crippen LogP contribution is 2.21. The number of carbonyl (C=O) groups excluding carboxylic acids is 3. The van der Waals surface area contributed by atoms with Crippen LogP contribution in [0, 0.1) is 0 Å². The van der Waals surface area contributed by atoms with E-state index in [9.17, 15) is 29.4 Å². The third-order valence-electron chi connectivity index (χ3n) is 5.57. The normalized spacial score (nSPS) is 23.1. The molecule has 0 radical (unpaired) electrons. The van der Waals surface area contributed by atoms with Crippen LogP contribution in [0.5, 0.6) is 0 Å². The number of carbonyl (C=O) groups is 4. The van der Waals surface area contributed by atoms with Crippen molar-refractivity contribution in [3.05, 3.63) is 0 Å². The van der Waals surface area contributed by atoms with Crippen molar-refractivity contribution in [2.24, 2.45) is 5.73 Å². The van der Waals surface area contributed by atoms with E-state index in [2.05, 4.69) is 16.0 Å². The molecule has 2 aliphatic rings. The lowest BCUT2D eigenvalue weighted by Gasteiger charge is -2.28. The molecule has 0 aromatic carbocycles. The number of amides is 3. The third kappa shape index (κ3) is 6.38. The van der Waals surface area contributed by atoms with Gasteiger partial charge >= 0.3 is 5.97 Å². The Morgan fingerprint density at radius 2 is 1.87 bits per heavy atom. The van der Waals surface area contributed by atoms with Gasteiger partial charge in [-0.1, -0.05) is 0 Å².